The molecule has 0 aliphatic rings. The smallest absolute Gasteiger partial charge is 0.243 e. The van der Waals surface area contributed by atoms with Gasteiger partial charge < -0.3 is 10.3 Å². The van der Waals surface area contributed by atoms with Crippen molar-refractivity contribution in [2.45, 2.75) is 26.3 Å². The van der Waals surface area contributed by atoms with Crippen LogP contribution < -0.4 is 5.73 Å². The molecule has 0 spiro atoms. The molecule has 5 nitrogen and oxygen atoms in total. The molecule has 17 heavy (non-hydrogen) atoms. The van der Waals surface area contributed by atoms with Gasteiger partial charge in [-0.2, -0.15) is 4.98 Å². The molecule has 0 saturated heterocycles. The van der Waals surface area contributed by atoms with Crippen LogP contribution in [0.3, 0.4) is 0 Å². The van der Waals surface area contributed by atoms with Crippen LogP contribution in [0.25, 0.3) is 11.5 Å². The molecule has 0 amide bonds. The Kier molecular flexibility index (Phi) is 3.49. The van der Waals surface area contributed by atoms with E-state index in [4.69, 9.17) is 10.3 Å². The predicted molar refractivity (Wildman–Crippen MR) is 63.9 cm³/mol. The molecular weight excluding hydrogens is 216 g/mol. The average Bonchev–Trinajstić information content (AvgIpc) is 2.78. The fraction of sp³-hybridized carbons (Fsp3) is 0.417. The van der Waals surface area contributed by atoms with Crippen molar-refractivity contribution < 1.29 is 4.52 Å². The second-order valence-corrected chi connectivity index (χ2v) is 4.41. The van der Waals surface area contributed by atoms with E-state index in [0.717, 1.165) is 6.42 Å². The minimum absolute atomic E-state index is 0.208. The van der Waals surface area contributed by atoms with Gasteiger partial charge in [0.05, 0.1) is 6.04 Å². The predicted octanol–water partition coefficient (Wildman–Crippen LogP) is 2.18. The molecule has 0 bridgehead atoms. The minimum Gasteiger partial charge on any atom is -0.337 e. The van der Waals surface area contributed by atoms with E-state index in [-0.39, 0.29) is 6.04 Å². The molecule has 0 fully saturated rings. The summed E-state index contributed by atoms with van der Waals surface area (Å²) in [5.41, 5.74) is 6.66. The zero-order valence-corrected chi connectivity index (χ0v) is 10.00. The van der Waals surface area contributed by atoms with Gasteiger partial charge in [-0.25, -0.2) is 0 Å². The maximum absolute atomic E-state index is 5.97. The third kappa shape index (κ3) is 2.88. The van der Waals surface area contributed by atoms with Crippen LogP contribution in [0.1, 0.15) is 32.2 Å². The van der Waals surface area contributed by atoms with Crippen LogP contribution in [0.5, 0.6) is 0 Å². The Labute approximate surface area is 100 Å². The molecule has 2 aromatic rings. The number of aromatic nitrogens is 3. The van der Waals surface area contributed by atoms with Gasteiger partial charge in [-0.15, -0.1) is 0 Å². The Hall–Kier alpha value is -1.75. The van der Waals surface area contributed by atoms with Gasteiger partial charge in [-0.3, -0.25) is 4.98 Å². The fourth-order valence-electron chi connectivity index (χ4n) is 1.59. The lowest BCUT2D eigenvalue weighted by Gasteiger charge is -2.08. The zero-order valence-electron chi connectivity index (χ0n) is 10.00. The number of hydrogen-bond acceptors (Lipinski definition) is 5. The van der Waals surface area contributed by atoms with E-state index in [1.165, 1.54) is 0 Å². The molecule has 0 aliphatic heterocycles. The van der Waals surface area contributed by atoms with E-state index in [2.05, 4.69) is 29.0 Å². The molecule has 0 saturated carbocycles. The van der Waals surface area contributed by atoms with Crippen molar-refractivity contribution in [3.63, 3.8) is 0 Å². The summed E-state index contributed by atoms with van der Waals surface area (Å²) in [7, 11) is 0. The van der Waals surface area contributed by atoms with Crippen LogP contribution in [0.2, 0.25) is 0 Å². The average molecular weight is 232 g/mol. The van der Waals surface area contributed by atoms with Gasteiger partial charge in [0.2, 0.25) is 11.7 Å². The van der Waals surface area contributed by atoms with Crippen molar-refractivity contribution in [3.05, 3.63) is 30.3 Å². The maximum atomic E-state index is 5.97. The standard InChI is InChI=1S/C12H16N4O/c1-8(2)7-9(13)12-15-11(16-17-12)10-5-3-4-6-14-10/h3-6,8-9H,7,13H2,1-2H3/t9-/m0/s1. The summed E-state index contributed by atoms with van der Waals surface area (Å²) in [5.74, 6) is 1.45. The summed E-state index contributed by atoms with van der Waals surface area (Å²) in [6.45, 7) is 4.21. The van der Waals surface area contributed by atoms with E-state index in [1.54, 1.807) is 6.20 Å². The van der Waals surface area contributed by atoms with E-state index in [0.29, 0.717) is 23.3 Å². The molecular formula is C12H16N4O. The van der Waals surface area contributed by atoms with Crippen molar-refractivity contribution in [1.82, 2.24) is 15.1 Å². The van der Waals surface area contributed by atoms with Crippen molar-refractivity contribution in [2.75, 3.05) is 0 Å². The number of hydrogen-bond donors (Lipinski definition) is 1. The monoisotopic (exact) mass is 232 g/mol. The molecule has 2 rings (SSSR count). The van der Waals surface area contributed by atoms with Crippen LogP contribution in [-0.2, 0) is 0 Å². The first-order valence-electron chi connectivity index (χ1n) is 5.67. The number of rotatable bonds is 4. The van der Waals surface area contributed by atoms with Crippen LogP contribution in [0.15, 0.2) is 28.9 Å². The topological polar surface area (TPSA) is 77.8 Å². The Morgan fingerprint density at radius 1 is 1.35 bits per heavy atom. The van der Waals surface area contributed by atoms with E-state index in [1.807, 2.05) is 18.2 Å². The number of nitrogens with zero attached hydrogens (tertiary/aromatic N) is 3. The zero-order chi connectivity index (χ0) is 12.3. The highest BCUT2D eigenvalue weighted by Gasteiger charge is 2.17. The normalized spacial score (nSPS) is 12.9. The van der Waals surface area contributed by atoms with Gasteiger partial charge in [-0.1, -0.05) is 25.1 Å². The first-order chi connectivity index (χ1) is 8.16. The molecule has 0 unspecified atom stereocenters. The second-order valence-electron chi connectivity index (χ2n) is 4.41. The maximum Gasteiger partial charge on any atom is 0.243 e. The Balaban J connectivity index is 2.16. The summed E-state index contributed by atoms with van der Waals surface area (Å²) in [4.78, 5) is 8.42. The van der Waals surface area contributed by atoms with Gasteiger partial charge in [0.1, 0.15) is 5.69 Å². The van der Waals surface area contributed by atoms with Crippen LogP contribution in [0.4, 0.5) is 0 Å². The third-order valence-corrected chi connectivity index (χ3v) is 2.38. The molecule has 90 valence electrons. The summed E-state index contributed by atoms with van der Waals surface area (Å²) in [5, 5.41) is 3.89. The van der Waals surface area contributed by atoms with Crippen molar-refractivity contribution in [1.29, 1.82) is 0 Å². The van der Waals surface area contributed by atoms with E-state index < -0.39 is 0 Å². The Morgan fingerprint density at radius 3 is 2.82 bits per heavy atom. The molecule has 5 heteroatoms. The van der Waals surface area contributed by atoms with Crippen molar-refractivity contribution in [3.8, 4) is 11.5 Å². The SMILES string of the molecule is CC(C)C[C@H](N)c1nc(-c2ccccn2)no1. The van der Waals surface area contributed by atoms with Gasteiger partial charge >= 0.3 is 0 Å². The summed E-state index contributed by atoms with van der Waals surface area (Å²) in [6.07, 6.45) is 2.52. The highest BCUT2D eigenvalue weighted by Crippen LogP contribution is 2.19. The van der Waals surface area contributed by atoms with Gasteiger partial charge in [0, 0.05) is 6.20 Å². The highest BCUT2D eigenvalue weighted by molar-refractivity contribution is 5.47. The molecule has 0 radical (unpaired) electrons. The largest absolute Gasteiger partial charge is 0.337 e. The van der Waals surface area contributed by atoms with Gasteiger partial charge in [-0.05, 0) is 24.5 Å². The molecule has 1 atom stereocenters. The highest BCUT2D eigenvalue weighted by atomic mass is 16.5. The lowest BCUT2D eigenvalue weighted by Crippen LogP contribution is -2.13. The van der Waals surface area contributed by atoms with Crippen molar-refractivity contribution in [2.24, 2.45) is 11.7 Å². The molecule has 2 heterocycles. The third-order valence-electron chi connectivity index (χ3n) is 2.38. The van der Waals surface area contributed by atoms with Crippen LogP contribution >= 0.6 is 0 Å². The Morgan fingerprint density at radius 2 is 2.18 bits per heavy atom. The summed E-state index contributed by atoms with van der Waals surface area (Å²) >= 11 is 0. The van der Waals surface area contributed by atoms with Gasteiger partial charge in [0.25, 0.3) is 0 Å². The molecule has 2 N–H and O–H groups in total. The Bertz CT molecular complexity index is 466. The summed E-state index contributed by atoms with van der Waals surface area (Å²) in [6, 6.07) is 5.35. The van der Waals surface area contributed by atoms with E-state index in [9.17, 15) is 0 Å². The van der Waals surface area contributed by atoms with Crippen LogP contribution in [0, 0.1) is 5.92 Å². The lowest BCUT2D eigenvalue weighted by molar-refractivity contribution is 0.335. The van der Waals surface area contributed by atoms with Gasteiger partial charge in [0.15, 0.2) is 0 Å². The first-order valence-corrected chi connectivity index (χ1v) is 5.67. The number of nitrogens with two attached hydrogens (primary N) is 1. The minimum atomic E-state index is -0.208. The van der Waals surface area contributed by atoms with E-state index >= 15 is 0 Å². The molecule has 2 aromatic heterocycles. The second kappa shape index (κ2) is 5.05. The fourth-order valence-corrected chi connectivity index (χ4v) is 1.59. The summed E-state index contributed by atoms with van der Waals surface area (Å²) < 4.78 is 5.16. The molecule has 0 aliphatic carbocycles. The first kappa shape index (κ1) is 11.7. The molecule has 0 aromatic carbocycles. The lowest BCUT2D eigenvalue weighted by atomic mass is 10.0. The number of pyridine rings is 1. The van der Waals surface area contributed by atoms with Crippen LogP contribution in [-0.4, -0.2) is 15.1 Å². The van der Waals surface area contributed by atoms with Crippen molar-refractivity contribution >= 4 is 0 Å². The quantitative estimate of drug-likeness (QED) is 0.874.